The van der Waals surface area contributed by atoms with Crippen molar-refractivity contribution in [3.8, 4) is 0 Å². The molecular formula is C11H29NO5S2. The van der Waals surface area contributed by atoms with Gasteiger partial charge in [0.2, 0.25) is 6.41 Å². The van der Waals surface area contributed by atoms with Gasteiger partial charge in [-0.2, -0.15) is 0 Å². The van der Waals surface area contributed by atoms with Crippen molar-refractivity contribution in [2.24, 2.45) is 0 Å². The van der Waals surface area contributed by atoms with E-state index in [4.69, 9.17) is 0 Å². The summed E-state index contributed by atoms with van der Waals surface area (Å²) in [6.45, 7) is 1.83. The molecular weight excluding hydrogens is 290 g/mol. The summed E-state index contributed by atoms with van der Waals surface area (Å²) in [5.41, 5.74) is 0. The monoisotopic (exact) mass is 319 g/mol. The van der Waals surface area contributed by atoms with Gasteiger partial charge in [-0.1, -0.05) is 22.4 Å². The molecule has 0 radical (unpaired) electrons. The molecule has 0 saturated carbocycles. The minimum atomic E-state index is -0.611. The number of amides is 1. The standard InChI is InChI=1S/C4H10O2.C3H7NO.2C2H6OS/c1-4(5-2)6-3;1-4(2)3-5;2*1-4(2)3/h4H,1-3H3;3H,1-2H3;2*1-2H3. The van der Waals surface area contributed by atoms with E-state index in [2.05, 4.69) is 9.47 Å². The Morgan fingerprint density at radius 3 is 1.16 bits per heavy atom. The smallest absolute Gasteiger partial charge is 0.209 e. The van der Waals surface area contributed by atoms with Gasteiger partial charge >= 0.3 is 0 Å². The number of hydrogen-bond acceptors (Lipinski definition) is 5. The third-order valence-corrected chi connectivity index (χ3v) is 0.875. The minimum absolute atomic E-state index is 0.0648. The first-order valence-corrected chi connectivity index (χ1v) is 9.15. The summed E-state index contributed by atoms with van der Waals surface area (Å²) in [5, 5.41) is 0. The average molecular weight is 319 g/mol. The SMILES string of the molecule is CN(C)C=O.COC(C)OC.C[S+](C)[O-].C[S+](C)[O-]. The first-order chi connectivity index (χ1) is 8.54. The highest BCUT2D eigenvalue weighted by atomic mass is 32.2. The van der Waals surface area contributed by atoms with Crippen LogP contribution in [0.5, 0.6) is 0 Å². The molecule has 0 aliphatic heterocycles. The molecule has 0 heterocycles. The Hall–Kier alpha value is 0.01000. The molecule has 0 aliphatic rings. The Labute approximate surface area is 124 Å². The van der Waals surface area contributed by atoms with Crippen molar-refractivity contribution in [1.82, 2.24) is 4.90 Å². The van der Waals surface area contributed by atoms with Crippen molar-refractivity contribution in [2.45, 2.75) is 13.2 Å². The van der Waals surface area contributed by atoms with Gasteiger partial charge in [-0.3, -0.25) is 4.79 Å². The van der Waals surface area contributed by atoms with E-state index in [0.29, 0.717) is 0 Å². The molecule has 0 aliphatic carbocycles. The Bertz CT molecular complexity index is 145. The number of rotatable bonds is 3. The summed E-state index contributed by atoms with van der Waals surface area (Å²) < 4.78 is 28.5. The normalized spacial score (nSPS) is 8.74. The Morgan fingerprint density at radius 2 is 1.16 bits per heavy atom. The molecule has 8 heteroatoms. The van der Waals surface area contributed by atoms with E-state index in [1.807, 2.05) is 6.92 Å². The maximum absolute atomic E-state index is 9.56. The lowest BCUT2D eigenvalue weighted by Gasteiger charge is -2.03. The Balaban J connectivity index is -0.0000000803. The lowest BCUT2D eigenvalue weighted by molar-refractivity contribution is -0.115. The molecule has 0 N–H and O–H groups in total. The van der Waals surface area contributed by atoms with E-state index in [-0.39, 0.29) is 6.29 Å². The van der Waals surface area contributed by atoms with Crippen LogP contribution in [0.2, 0.25) is 0 Å². The number of hydrogen-bond donors (Lipinski definition) is 0. The van der Waals surface area contributed by atoms with E-state index in [1.165, 1.54) is 4.90 Å². The van der Waals surface area contributed by atoms with Gasteiger partial charge in [0.25, 0.3) is 0 Å². The van der Waals surface area contributed by atoms with Crippen molar-refractivity contribution in [1.29, 1.82) is 0 Å². The van der Waals surface area contributed by atoms with Crippen LogP contribution >= 0.6 is 0 Å². The molecule has 19 heavy (non-hydrogen) atoms. The summed E-state index contributed by atoms with van der Waals surface area (Å²) in [6.07, 6.45) is 7.24. The second-order valence-corrected chi connectivity index (χ2v) is 6.56. The van der Waals surface area contributed by atoms with Crippen molar-refractivity contribution in [3.63, 3.8) is 0 Å². The fourth-order valence-corrected chi connectivity index (χ4v) is 0.0962. The molecule has 0 rings (SSSR count). The third kappa shape index (κ3) is 128. The summed E-state index contributed by atoms with van der Waals surface area (Å²) >= 11 is -1.22. The van der Waals surface area contributed by atoms with Gasteiger partial charge in [-0.05, 0) is 6.92 Å². The molecule has 0 unspecified atom stereocenters. The van der Waals surface area contributed by atoms with Crippen LogP contribution in [0.4, 0.5) is 0 Å². The molecule has 0 aromatic carbocycles. The van der Waals surface area contributed by atoms with Gasteiger partial charge in [0.1, 0.15) is 0 Å². The Morgan fingerprint density at radius 1 is 1.00 bits per heavy atom. The summed E-state index contributed by atoms with van der Waals surface area (Å²) in [7, 11) is 6.59. The maximum Gasteiger partial charge on any atom is 0.209 e. The molecule has 120 valence electrons. The molecule has 0 spiro atoms. The van der Waals surface area contributed by atoms with E-state index in [0.717, 1.165) is 6.41 Å². The van der Waals surface area contributed by atoms with Crippen LogP contribution < -0.4 is 0 Å². The lowest BCUT2D eigenvalue weighted by Crippen LogP contribution is -2.06. The first kappa shape index (κ1) is 27.4. The molecule has 0 aromatic rings. The highest BCUT2D eigenvalue weighted by Crippen LogP contribution is 1.82. The highest BCUT2D eigenvalue weighted by molar-refractivity contribution is 7.90. The molecule has 0 fully saturated rings. The van der Waals surface area contributed by atoms with Gasteiger partial charge in [-0.15, -0.1) is 0 Å². The summed E-state index contributed by atoms with van der Waals surface area (Å²) in [6, 6.07) is 0. The molecule has 0 aromatic heterocycles. The van der Waals surface area contributed by atoms with E-state index in [1.54, 1.807) is 53.3 Å². The van der Waals surface area contributed by atoms with Crippen LogP contribution in [-0.2, 0) is 36.6 Å². The third-order valence-electron chi connectivity index (χ3n) is 0.875. The van der Waals surface area contributed by atoms with Gasteiger partial charge in [0.05, 0.1) is 25.0 Å². The predicted molar refractivity (Wildman–Crippen MR) is 83.2 cm³/mol. The second-order valence-electron chi connectivity index (χ2n) is 3.59. The van der Waals surface area contributed by atoms with Crippen LogP contribution in [0, 0.1) is 0 Å². The summed E-state index contributed by atoms with van der Waals surface area (Å²) in [4.78, 5) is 10.9. The lowest BCUT2D eigenvalue weighted by atomic mass is 10.8. The van der Waals surface area contributed by atoms with Crippen LogP contribution in [-0.4, -0.2) is 80.0 Å². The molecule has 0 saturated heterocycles. The van der Waals surface area contributed by atoms with Crippen molar-refractivity contribution >= 4 is 28.8 Å². The topological polar surface area (TPSA) is 84.9 Å². The fraction of sp³-hybridized carbons (Fsp3) is 0.909. The van der Waals surface area contributed by atoms with Crippen molar-refractivity contribution in [2.75, 3.05) is 53.3 Å². The van der Waals surface area contributed by atoms with E-state index in [9.17, 15) is 13.9 Å². The summed E-state index contributed by atoms with van der Waals surface area (Å²) in [5.74, 6) is 0. The predicted octanol–water partition coefficient (Wildman–Crippen LogP) is 0.319. The second kappa shape index (κ2) is 23.1. The zero-order valence-corrected chi connectivity index (χ0v) is 15.1. The van der Waals surface area contributed by atoms with Crippen LogP contribution in [0.3, 0.4) is 0 Å². The van der Waals surface area contributed by atoms with Crippen molar-refractivity contribution in [3.05, 3.63) is 0 Å². The van der Waals surface area contributed by atoms with Gasteiger partial charge in [0, 0.05) is 28.3 Å². The minimum Gasteiger partial charge on any atom is -0.617 e. The highest BCUT2D eigenvalue weighted by Gasteiger charge is 1.87. The average Bonchev–Trinajstić information content (AvgIpc) is 2.27. The molecule has 6 nitrogen and oxygen atoms in total. The number of carbonyl (C=O) groups is 1. The van der Waals surface area contributed by atoms with Crippen LogP contribution in [0.25, 0.3) is 0 Å². The van der Waals surface area contributed by atoms with Crippen molar-refractivity contribution < 1.29 is 23.4 Å². The zero-order valence-electron chi connectivity index (χ0n) is 13.5. The number of ether oxygens (including phenoxy) is 2. The molecule has 1 amide bonds. The fourth-order valence-electron chi connectivity index (χ4n) is 0.0962. The first-order valence-electron chi connectivity index (χ1n) is 5.22. The quantitative estimate of drug-likeness (QED) is 0.425. The molecule has 0 atom stereocenters. The maximum atomic E-state index is 9.56. The van der Waals surface area contributed by atoms with E-state index >= 15 is 0 Å². The number of nitrogens with zero attached hydrogens (tertiary/aromatic N) is 1. The van der Waals surface area contributed by atoms with Crippen LogP contribution in [0.15, 0.2) is 0 Å². The molecule has 0 bridgehead atoms. The van der Waals surface area contributed by atoms with Crippen LogP contribution in [0.1, 0.15) is 6.92 Å². The zero-order chi connectivity index (χ0) is 16.4. The van der Waals surface area contributed by atoms with Gasteiger partial charge in [0.15, 0.2) is 6.29 Å². The largest absolute Gasteiger partial charge is 0.617 e. The number of methoxy groups -OCH3 is 2. The number of carbonyl (C=O) groups excluding carboxylic acids is 1. The van der Waals surface area contributed by atoms with Gasteiger partial charge in [-0.25, -0.2) is 0 Å². The van der Waals surface area contributed by atoms with Gasteiger partial charge < -0.3 is 23.5 Å². The Kier molecular flexibility index (Phi) is 33.3. The van der Waals surface area contributed by atoms with E-state index < -0.39 is 22.4 Å².